The van der Waals surface area contributed by atoms with E-state index in [4.69, 9.17) is 0 Å². The van der Waals surface area contributed by atoms with Gasteiger partial charge in [-0.05, 0) is 26.7 Å². The quantitative estimate of drug-likeness (QED) is 0.609. The molecule has 0 radical (unpaired) electrons. The van der Waals surface area contributed by atoms with Crippen LogP contribution in [-0.2, 0) is 9.59 Å². The van der Waals surface area contributed by atoms with Crippen LogP contribution in [0.2, 0.25) is 0 Å². The van der Waals surface area contributed by atoms with Crippen molar-refractivity contribution in [1.82, 2.24) is 5.32 Å². The van der Waals surface area contributed by atoms with Crippen LogP contribution >= 0.6 is 0 Å². The maximum absolute atomic E-state index is 11.7. The average Bonchev–Trinajstić information content (AvgIpc) is 2.30. The Morgan fingerprint density at radius 1 is 0.850 bits per heavy atom. The summed E-state index contributed by atoms with van der Waals surface area (Å²) in [5.74, 6) is 0.527. The minimum absolute atomic E-state index is 0.163. The van der Waals surface area contributed by atoms with Crippen molar-refractivity contribution in [2.45, 2.75) is 92.0 Å². The smallest absolute Gasteiger partial charge is 0.220 e. The summed E-state index contributed by atoms with van der Waals surface area (Å²) >= 11 is 0. The van der Waals surface area contributed by atoms with Crippen LogP contribution in [0.5, 0.6) is 0 Å². The van der Waals surface area contributed by atoms with Crippen LogP contribution in [0.1, 0.15) is 86.0 Å². The minimum Gasteiger partial charge on any atom is -0.354 e. The fourth-order valence-electron chi connectivity index (χ4n) is 2.05. The number of Topliss-reactive ketones (excluding diaryl/α,β-unsaturated/α-hetero) is 1. The van der Waals surface area contributed by atoms with Crippen LogP contribution in [0.15, 0.2) is 0 Å². The van der Waals surface area contributed by atoms with Crippen molar-refractivity contribution in [2.24, 2.45) is 5.41 Å². The first-order valence-corrected chi connectivity index (χ1v) is 8.06. The van der Waals surface area contributed by atoms with Crippen molar-refractivity contribution >= 4 is 11.7 Å². The zero-order valence-corrected chi connectivity index (χ0v) is 14.1. The van der Waals surface area contributed by atoms with E-state index in [1.807, 2.05) is 34.6 Å². The van der Waals surface area contributed by atoms with Gasteiger partial charge in [0.15, 0.2) is 0 Å². The molecule has 0 aromatic carbocycles. The molecule has 0 aliphatic heterocycles. The van der Waals surface area contributed by atoms with E-state index in [9.17, 15) is 9.59 Å². The lowest BCUT2D eigenvalue weighted by Gasteiger charge is -2.16. The fraction of sp³-hybridized carbons (Fsp3) is 0.882. The molecule has 0 saturated heterocycles. The van der Waals surface area contributed by atoms with Gasteiger partial charge in [0.1, 0.15) is 5.78 Å². The lowest BCUT2D eigenvalue weighted by atomic mass is 9.88. The highest BCUT2D eigenvalue weighted by Crippen LogP contribution is 2.19. The molecule has 3 nitrogen and oxygen atoms in total. The third-order valence-corrected chi connectivity index (χ3v) is 3.34. The zero-order chi connectivity index (χ0) is 15.6. The highest BCUT2D eigenvalue weighted by atomic mass is 16.1. The van der Waals surface area contributed by atoms with Gasteiger partial charge in [0.25, 0.3) is 0 Å². The normalized spacial score (nSPS) is 11.7. The predicted octanol–water partition coefficient (Wildman–Crippen LogP) is 4.25. The monoisotopic (exact) mass is 283 g/mol. The van der Waals surface area contributed by atoms with Crippen LogP contribution in [0.3, 0.4) is 0 Å². The molecule has 1 amide bonds. The Bertz CT molecular complexity index is 290. The van der Waals surface area contributed by atoms with Gasteiger partial charge in [-0.3, -0.25) is 9.59 Å². The van der Waals surface area contributed by atoms with E-state index < -0.39 is 0 Å². The molecule has 0 spiro atoms. The van der Waals surface area contributed by atoms with E-state index in [0.29, 0.717) is 18.6 Å². The number of amides is 1. The molecule has 0 atom stereocenters. The molecule has 0 rings (SSSR count). The molecular weight excluding hydrogens is 250 g/mol. The summed E-state index contributed by atoms with van der Waals surface area (Å²) < 4.78 is 0. The SMILES string of the molecule is CC(C)NC(=O)CCCCCCCCC(=O)C(C)(C)C. The minimum atomic E-state index is -0.191. The van der Waals surface area contributed by atoms with Gasteiger partial charge in [0.05, 0.1) is 0 Å². The van der Waals surface area contributed by atoms with Crippen molar-refractivity contribution in [3.05, 3.63) is 0 Å². The number of rotatable bonds is 10. The molecule has 0 aliphatic rings. The van der Waals surface area contributed by atoms with E-state index in [0.717, 1.165) is 25.7 Å². The molecule has 0 fully saturated rings. The first-order chi connectivity index (χ1) is 9.23. The summed E-state index contributed by atoms with van der Waals surface area (Å²) in [7, 11) is 0. The van der Waals surface area contributed by atoms with Crippen LogP contribution in [0.4, 0.5) is 0 Å². The lowest BCUT2D eigenvalue weighted by Crippen LogP contribution is -2.29. The number of ketones is 1. The van der Waals surface area contributed by atoms with E-state index in [1.54, 1.807) is 0 Å². The van der Waals surface area contributed by atoms with Gasteiger partial charge >= 0.3 is 0 Å². The van der Waals surface area contributed by atoms with Gasteiger partial charge in [-0.25, -0.2) is 0 Å². The Morgan fingerprint density at radius 3 is 1.75 bits per heavy atom. The highest BCUT2D eigenvalue weighted by molar-refractivity contribution is 5.83. The molecule has 0 heterocycles. The summed E-state index contributed by atoms with van der Waals surface area (Å²) in [6.07, 6.45) is 7.89. The van der Waals surface area contributed by atoms with Gasteiger partial charge in [-0.2, -0.15) is 0 Å². The molecule has 0 aromatic rings. The zero-order valence-electron chi connectivity index (χ0n) is 14.1. The summed E-state index contributed by atoms with van der Waals surface area (Å²) in [5, 5.41) is 2.90. The molecular formula is C17H33NO2. The van der Waals surface area contributed by atoms with E-state index >= 15 is 0 Å². The van der Waals surface area contributed by atoms with Gasteiger partial charge < -0.3 is 5.32 Å². The van der Waals surface area contributed by atoms with E-state index in [2.05, 4.69) is 5.32 Å². The van der Waals surface area contributed by atoms with Gasteiger partial charge in [0, 0.05) is 24.3 Å². The highest BCUT2D eigenvalue weighted by Gasteiger charge is 2.19. The summed E-state index contributed by atoms with van der Waals surface area (Å²) in [6.45, 7) is 9.92. The Hall–Kier alpha value is -0.860. The molecule has 0 saturated carbocycles. The van der Waals surface area contributed by atoms with Crippen molar-refractivity contribution in [3.63, 3.8) is 0 Å². The molecule has 20 heavy (non-hydrogen) atoms. The molecule has 1 N–H and O–H groups in total. The maximum Gasteiger partial charge on any atom is 0.220 e. The third kappa shape index (κ3) is 11.0. The molecule has 3 heteroatoms. The predicted molar refractivity (Wildman–Crippen MR) is 84.7 cm³/mol. The second-order valence-corrected chi connectivity index (χ2v) is 7.02. The number of hydrogen-bond donors (Lipinski definition) is 1. The van der Waals surface area contributed by atoms with Gasteiger partial charge in [0.2, 0.25) is 5.91 Å². The molecule has 0 aliphatic carbocycles. The van der Waals surface area contributed by atoms with Crippen LogP contribution in [0, 0.1) is 5.41 Å². The van der Waals surface area contributed by atoms with Crippen molar-refractivity contribution in [2.75, 3.05) is 0 Å². The third-order valence-electron chi connectivity index (χ3n) is 3.34. The van der Waals surface area contributed by atoms with Crippen LogP contribution < -0.4 is 5.32 Å². The Balaban J connectivity index is 3.38. The lowest BCUT2D eigenvalue weighted by molar-refractivity contribution is -0.126. The average molecular weight is 283 g/mol. The number of carbonyl (C=O) groups is 2. The van der Waals surface area contributed by atoms with Crippen LogP contribution in [-0.4, -0.2) is 17.7 Å². The van der Waals surface area contributed by atoms with Gasteiger partial charge in [-0.15, -0.1) is 0 Å². The molecule has 0 aromatic heterocycles. The fourth-order valence-corrected chi connectivity index (χ4v) is 2.05. The van der Waals surface area contributed by atoms with Crippen molar-refractivity contribution in [1.29, 1.82) is 0 Å². The van der Waals surface area contributed by atoms with Gasteiger partial charge in [-0.1, -0.05) is 46.5 Å². The van der Waals surface area contributed by atoms with Crippen molar-refractivity contribution in [3.8, 4) is 0 Å². The Kier molecular flexibility index (Phi) is 9.52. The first-order valence-electron chi connectivity index (χ1n) is 8.06. The standard InChI is InChI=1S/C17H33NO2/c1-14(2)18-16(20)13-11-9-7-6-8-10-12-15(19)17(3,4)5/h14H,6-13H2,1-5H3,(H,18,20). The summed E-state index contributed by atoms with van der Waals surface area (Å²) in [4.78, 5) is 23.1. The summed E-state index contributed by atoms with van der Waals surface area (Å²) in [5.41, 5.74) is -0.191. The number of nitrogens with one attached hydrogen (secondary N) is 1. The number of carbonyl (C=O) groups excluding carboxylic acids is 2. The number of hydrogen-bond acceptors (Lipinski definition) is 2. The topological polar surface area (TPSA) is 46.2 Å². The van der Waals surface area contributed by atoms with Crippen molar-refractivity contribution < 1.29 is 9.59 Å². The second-order valence-electron chi connectivity index (χ2n) is 7.02. The molecule has 118 valence electrons. The first kappa shape index (κ1) is 19.1. The van der Waals surface area contributed by atoms with E-state index in [1.165, 1.54) is 12.8 Å². The molecule has 0 unspecified atom stereocenters. The molecule has 0 bridgehead atoms. The van der Waals surface area contributed by atoms with E-state index in [-0.39, 0.29) is 17.4 Å². The Morgan fingerprint density at radius 2 is 1.30 bits per heavy atom. The number of unbranched alkanes of at least 4 members (excludes halogenated alkanes) is 5. The Labute approximate surface area is 124 Å². The summed E-state index contributed by atoms with van der Waals surface area (Å²) in [6, 6.07) is 0.239. The van der Waals surface area contributed by atoms with Crippen LogP contribution in [0.25, 0.3) is 0 Å². The largest absolute Gasteiger partial charge is 0.354 e. The second kappa shape index (κ2) is 9.95. The maximum atomic E-state index is 11.7.